The van der Waals surface area contributed by atoms with Crippen molar-refractivity contribution in [2.45, 2.75) is 13.5 Å². The lowest BCUT2D eigenvalue weighted by Gasteiger charge is -2.08. The molecule has 3 heterocycles. The van der Waals surface area contributed by atoms with Crippen molar-refractivity contribution < 1.29 is 18.7 Å². The van der Waals surface area contributed by atoms with Crippen LogP contribution in [0.2, 0.25) is 0 Å². The van der Waals surface area contributed by atoms with Gasteiger partial charge in [0.1, 0.15) is 23.8 Å². The van der Waals surface area contributed by atoms with Crippen molar-refractivity contribution in [1.29, 1.82) is 0 Å². The first-order valence-corrected chi connectivity index (χ1v) is 10.7. The van der Waals surface area contributed by atoms with E-state index < -0.39 is 11.8 Å². The van der Waals surface area contributed by atoms with Gasteiger partial charge < -0.3 is 19.8 Å². The first-order chi connectivity index (χ1) is 15.8. The Kier molecular flexibility index (Phi) is 6.31. The van der Waals surface area contributed by atoms with Crippen molar-refractivity contribution in [3.8, 4) is 5.75 Å². The Balaban J connectivity index is 1.43. The summed E-state index contributed by atoms with van der Waals surface area (Å²) in [4.78, 5) is 25.6. The number of hydrogen-bond donors (Lipinski definition) is 2. The molecule has 0 saturated carbocycles. The van der Waals surface area contributed by atoms with E-state index in [2.05, 4.69) is 36.8 Å². The minimum Gasteiger partial charge on any atom is -0.484 e. The summed E-state index contributed by atoms with van der Waals surface area (Å²) in [5.41, 5.74) is 1.81. The standard InChI is InChI=1S/C22H21BrN6O4/c1-13-16(10-24-28(13)2)26-22(31)20-17(11-25-29(20)3)27-21(30)19-9-8-14(33-19)12-32-18-7-5-4-6-15(18)23/h4-11H,12H2,1-3H3,(H,26,31)(H,27,30). The van der Waals surface area contributed by atoms with Gasteiger partial charge in [-0.1, -0.05) is 12.1 Å². The third kappa shape index (κ3) is 4.82. The van der Waals surface area contributed by atoms with Gasteiger partial charge in [-0.15, -0.1) is 0 Å². The number of benzene rings is 1. The van der Waals surface area contributed by atoms with Gasteiger partial charge in [0, 0.05) is 14.1 Å². The molecule has 0 atom stereocenters. The fourth-order valence-electron chi connectivity index (χ4n) is 3.07. The summed E-state index contributed by atoms with van der Waals surface area (Å²) in [5.74, 6) is 0.283. The summed E-state index contributed by atoms with van der Waals surface area (Å²) in [6.45, 7) is 1.99. The number of para-hydroxylation sites is 1. The summed E-state index contributed by atoms with van der Waals surface area (Å²) >= 11 is 3.42. The van der Waals surface area contributed by atoms with Gasteiger partial charge in [0.15, 0.2) is 5.76 Å². The number of carbonyl (C=O) groups excluding carboxylic acids is 2. The van der Waals surface area contributed by atoms with E-state index in [0.29, 0.717) is 17.2 Å². The number of amides is 2. The maximum absolute atomic E-state index is 12.8. The van der Waals surface area contributed by atoms with E-state index in [-0.39, 0.29) is 23.7 Å². The number of hydrogen-bond acceptors (Lipinski definition) is 6. The second-order valence-corrected chi connectivity index (χ2v) is 8.05. The average molecular weight is 513 g/mol. The lowest BCUT2D eigenvalue weighted by Crippen LogP contribution is -2.20. The number of rotatable bonds is 7. The molecule has 4 rings (SSSR count). The van der Waals surface area contributed by atoms with Crippen LogP contribution in [-0.2, 0) is 20.7 Å². The molecule has 0 unspecified atom stereocenters. The van der Waals surface area contributed by atoms with Crippen molar-refractivity contribution in [2.24, 2.45) is 14.1 Å². The van der Waals surface area contributed by atoms with E-state index in [0.717, 1.165) is 10.2 Å². The molecule has 2 N–H and O–H groups in total. The highest BCUT2D eigenvalue weighted by Gasteiger charge is 2.22. The predicted molar refractivity (Wildman–Crippen MR) is 124 cm³/mol. The van der Waals surface area contributed by atoms with Gasteiger partial charge in [-0.05, 0) is 47.1 Å². The Morgan fingerprint density at radius 2 is 1.70 bits per heavy atom. The Labute approximate surface area is 197 Å². The van der Waals surface area contributed by atoms with E-state index in [4.69, 9.17) is 9.15 Å². The van der Waals surface area contributed by atoms with Crippen LogP contribution in [0.25, 0.3) is 0 Å². The molecule has 0 spiro atoms. The minimum absolute atomic E-state index is 0.0824. The maximum atomic E-state index is 12.8. The SMILES string of the molecule is Cc1c(NC(=O)c2c(NC(=O)c3ccc(COc4ccccc4Br)o3)cnn2C)cnn1C. The predicted octanol–water partition coefficient (Wildman–Crippen LogP) is 3.90. The Hall–Kier alpha value is -3.86. The smallest absolute Gasteiger partial charge is 0.291 e. The van der Waals surface area contributed by atoms with Gasteiger partial charge in [0.2, 0.25) is 0 Å². The minimum atomic E-state index is -0.512. The topological polar surface area (TPSA) is 116 Å². The van der Waals surface area contributed by atoms with Crippen LogP contribution in [0.1, 0.15) is 32.5 Å². The number of nitrogens with zero attached hydrogens (tertiary/aromatic N) is 4. The van der Waals surface area contributed by atoms with Crippen molar-refractivity contribution in [2.75, 3.05) is 10.6 Å². The molecule has 0 aliphatic heterocycles. The van der Waals surface area contributed by atoms with Crippen LogP contribution in [0.3, 0.4) is 0 Å². The lowest BCUT2D eigenvalue weighted by molar-refractivity contribution is 0.0992. The summed E-state index contributed by atoms with van der Waals surface area (Å²) in [5, 5.41) is 13.7. The van der Waals surface area contributed by atoms with E-state index in [1.807, 2.05) is 31.2 Å². The van der Waals surface area contributed by atoms with Crippen molar-refractivity contribution >= 4 is 39.1 Å². The molecule has 4 aromatic rings. The monoisotopic (exact) mass is 512 g/mol. The largest absolute Gasteiger partial charge is 0.484 e. The van der Waals surface area contributed by atoms with E-state index in [1.165, 1.54) is 10.9 Å². The number of anilines is 2. The van der Waals surface area contributed by atoms with Gasteiger partial charge in [-0.25, -0.2) is 0 Å². The molecule has 0 aliphatic rings. The number of nitrogens with one attached hydrogen (secondary N) is 2. The molecule has 0 radical (unpaired) electrons. The fraction of sp³-hybridized carbons (Fsp3) is 0.182. The Morgan fingerprint density at radius 3 is 2.42 bits per heavy atom. The van der Waals surface area contributed by atoms with Gasteiger partial charge >= 0.3 is 0 Å². The Morgan fingerprint density at radius 1 is 1.00 bits per heavy atom. The molecular formula is C22H21BrN6O4. The van der Waals surface area contributed by atoms with Crippen LogP contribution in [0, 0.1) is 6.92 Å². The quantitative estimate of drug-likeness (QED) is 0.387. The molecule has 11 heteroatoms. The fourth-order valence-corrected chi connectivity index (χ4v) is 3.47. The van der Waals surface area contributed by atoms with E-state index in [1.54, 1.807) is 37.1 Å². The third-order valence-electron chi connectivity index (χ3n) is 4.98. The van der Waals surface area contributed by atoms with Crippen LogP contribution in [-0.4, -0.2) is 31.4 Å². The normalized spacial score (nSPS) is 10.8. The number of halogens is 1. The van der Waals surface area contributed by atoms with Crippen LogP contribution >= 0.6 is 15.9 Å². The van der Waals surface area contributed by atoms with Crippen molar-refractivity contribution in [3.63, 3.8) is 0 Å². The van der Waals surface area contributed by atoms with Crippen LogP contribution in [0.15, 0.2) is 57.7 Å². The van der Waals surface area contributed by atoms with E-state index >= 15 is 0 Å². The molecule has 0 bridgehead atoms. The zero-order valence-electron chi connectivity index (χ0n) is 18.1. The maximum Gasteiger partial charge on any atom is 0.291 e. The number of aromatic nitrogens is 4. The number of furan rings is 1. The molecule has 33 heavy (non-hydrogen) atoms. The first kappa shape index (κ1) is 22.3. The first-order valence-electron chi connectivity index (χ1n) is 9.93. The second-order valence-electron chi connectivity index (χ2n) is 7.19. The number of ether oxygens (including phenoxy) is 1. The van der Waals surface area contributed by atoms with Gasteiger partial charge in [0.25, 0.3) is 11.8 Å². The van der Waals surface area contributed by atoms with Crippen LogP contribution in [0.5, 0.6) is 5.75 Å². The molecule has 2 amide bonds. The summed E-state index contributed by atoms with van der Waals surface area (Å²) in [7, 11) is 3.40. The highest BCUT2D eigenvalue weighted by molar-refractivity contribution is 9.10. The summed E-state index contributed by atoms with van der Waals surface area (Å²) in [6.07, 6.45) is 2.96. The second kappa shape index (κ2) is 9.33. The van der Waals surface area contributed by atoms with E-state index in [9.17, 15) is 9.59 Å². The molecule has 170 valence electrons. The zero-order valence-corrected chi connectivity index (χ0v) is 19.7. The van der Waals surface area contributed by atoms with Gasteiger partial charge in [0.05, 0.1) is 33.9 Å². The van der Waals surface area contributed by atoms with Crippen molar-refractivity contribution in [1.82, 2.24) is 19.6 Å². The number of carbonyl (C=O) groups is 2. The third-order valence-corrected chi connectivity index (χ3v) is 5.63. The highest BCUT2D eigenvalue weighted by Crippen LogP contribution is 2.25. The Bertz CT molecular complexity index is 1320. The average Bonchev–Trinajstić information content (AvgIpc) is 3.49. The summed E-state index contributed by atoms with van der Waals surface area (Å²) < 4.78 is 15.2. The molecule has 0 saturated heterocycles. The molecule has 0 aliphatic carbocycles. The lowest BCUT2D eigenvalue weighted by atomic mass is 10.3. The van der Waals surface area contributed by atoms with Gasteiger partial charge in [-0.3, -0.25) is 19.0 Å². The molecule has 0 fully saturated rings. The van der Waals surface area contributed by atoms with Crippen LogP contribution < -0.4 is 15.4 Å². The van der Waals surface area contributed by atoms with Gasteiger partial charge in [-0.2, -0.15) is 10.2 Å². The summed E-state index contributed by atoms with van der Waals surface area (Å²) in [6, 6.07) is 10.6. The molecule has 1 aromatic carbocycles. The molecule has 3 aromatic heterocycles. The zero-order chi connectivity index (χ0) is 23.5. The highest BCUT2D eigenvalue weighted by atomic mass is 79.9. The van der Waals surface area contributed by atoms with Crippen LogP contribution in [0.4, 0.5) is 11.4 Å². The molecular weight excluding hydrogens is 492 g/mol. The number of aryl methyl sites for hydroxylation is 2. The van der Waals surface area contributed by atoms with Crippen molar-refractivity contribution in [3.05, 3.63) is 76.2 Å². The molecule has 10 nitrogen and oxygen atoms in total.